The van der Waals surface area contributed by atoms with E-state index in [9.17, 15) is 13.2 Å². The van der Waals surface area contributed by atoms with Crippen LogP contribution in [0.25, 0.3) is 0 Å². The zero-order valence-corrected chi connectivity index (χ0v) is 15.8. The molecule has 7 heteroatoms. The van der Waals surface area contributed by atoms with Gasteiger partial charge in [0.05, 0.1) is 12.9 Å². The first-order valence-corrected chi connectivity index (χ1v) is 10.7. The first-order valence-electron chi connectivity index (χ1n) is 8.77. The fraction of sp³-hybridized carbons (Fsp3) is 0.611. The van der Waals surface area contributed by atoms with E-state index in [1.54, 1.807) is 11.0 Å². The summed E-state index contributed by atoms with van der Waals surface area (Å²) in [5.74, 6) is 1.21. The predicted octanol–water partition coefficient (Wildman–Crippen LogP) is 1.66. The molecule has 1 aromatic rings. The topological polar surface area (TPSA) is 75.7 Å². The number of carbonyl (C=O) groups is 1. The highest BCUT2D eigenvalue weighted by atomic mass is 32.2. The van der Waals surface area contributed by atoms with Crippen LogP contribution in [0, 0.1) is 11.8 Å². The van der Waals surface area contributed by atoms with E-state index in [2.05, 4.69) is 18.6 Å². The molecule has 0 saturated carbocycles. The van der Waals surface area contributed by atoms with Crippen LogP contribution >= 0.6 is 0 Å². The van der Waals surface area contributed by atoms with E-state index < -0.39 is 10.0 Å². The number of hydrogen-bond acceptors (Lipinski definition) is 4. The third-order valence-corrected chi connectivity index (χ3v) is 5.76. The molecule has 6 nitrogen and oxygen atoms in total. The third-order valence-electron chi connectivity index (χ3n) is 5.03. The molecule has 138 valence electrons. The van der Waals surface area contributed by atoms with E-state index in [1.807, 2.05) is 12.1 Å². The van der Waals surface area contributed by atoms with Crippen molar-refractivity contribution in [3.05, 3.63) is 29.3 Å². The van der Waals surface area contributed by atoms with Crippen LogP contribution in [-0.2, 0) is 16.4 Å². The lowest BCUT2D eigenvalue weighted by Gasteiger charge is -2.21. The summed E-state index contributed by atoms with van der Waals surface area (Å²) in [6, 6.07) is 5.34. The van der Waals surface area contributed by atoms with E-state index in [4.69, 9.17) is 4.74 Å². The molecule has 2 atom stereocenters. The molecule has 0 aromatic heterocycles. The highest BCUT2D eigenvalue weighted by molar-refractivity contribution is 7.88. The quantitative estimate of drug-likeness (QED) is 0.879. The summed E-state index contributed by atoms with van der Waals surface area (Å²) in [6.45, 7) is 5.82. The molecule has 2 aliphatic heterocycles. The van der Waals surface area contributed by atoms with Crippen molar-refractivity contribution in [3.63, 3.8) is 0 Å². The molecule has 2 heterocycles. The number of likely N-dealkylation sites (tertiary alicyclic amines) is 1. The molecular formula is C18H26N2O4S. The second-order valence-corrected chi connectivity index (χ2v) is 9.17. The second-order valence-electron chi connectivity index (χ2n) is 7.39. The molecule has 1 aromatic carbocycles. The Bertz CT molecular complexity index is 760. The lowest BCUT2D eigenvalue weighted by Crippen LogP contribution is -2.41. The van der Waals surface area contributed by atoms with Gasteiger partial charge >= 0.3 is 0 Å². The van der Waals surface area contributed by atoms with Gasteiger partial charge in [-0.15, -0.1) is 0 Å². The normalized spacial score (nSPS) is 23.4. The number of benzene rings is 1. The number of aryl methyl sites for hydroxylation is 1. The number of hydrogen-bond donors (Lipinski definition) is 1. The van der Waals surface area contributed by atoms with Gasteiger partial charge in [-0.1, -0.05) is 13.8 Å². The van der Waals surface area contributed by atoms with Gasteiger partial charge in [-0.2, -0.15) is 0 Å². The maximum atomic E-state index is 12.9. The molecule has 1 saturated heterocycles. The van der Waals surface area contributed by atoms with Gasteiger partial charge < -0.3 is 9.64 Å². The number of ether oxygens (including phenoxy) is 1. The molecule has 0 spiro atoms. The number of fused-ring (bicyclic) bond motifs is 1. The number of nitrogens with zero attached hydrogens (tertiary/aromatic N) is 1. The zero-order valence-electron chi connectivity index (χ0n) is 15.0. The predicted molar refractivity (Wildman–Crippen MR) is 96.3 cm³/mol. The van der Waals surface area contributed by atoms with Crippen LogP contribution in [0.1, 0.15) is 36.2 Å². The van der Waals surface area contributed by atoms with Crippen molar-refractivity contribution < 1.29 is 17.9 Å². The van der Waals surface area contributed by atoms with E-state index in [0.717, 1.165) is 30.8 Å². The van der Waals surface area contributed by atoms with Crippen LogP contribution < -0.4 is 9.46 Å². The van der Waals surface area contributed by atoms with Gasteiger partial charge in [-0.3, -0.25) is 4.79 Å². The molecule has 1 amide bonds. The van der Waals surface area contributed by atoms with Crippen molar-refractivity contribution in [1.29, 1.82) is 0 Å². The second kappa shape index (κ2) is 6.96. The Hall–Kier alpha value is -1.60. The molecule has 3 rings (SSSR count). The highest BCUT2D eigenvalue weighted by Crippen LogP contribution is 2.29. The summed E-state index contributed by atoms with van der Waals surface area (Å²) in [4.78, 5) is 14.7. The summed E-state index contributed by atoms with van der Waals surface area (Å²) in [7, 11) is -3.30. The molecule has 1 fully saturated rings. The molecule has 2 aliphatic rings. The number of rotatable bonds is 4. The molecule has 0 radical (unpaired) electrons. The lowest BCUT2D eigenvalue weighted by molar-refractivity contribution is 0.0782. The summed E-state index contributed by atoms with van der Waals surface area (Å²) in [6.07, 6.45) is 3.05. The standard InChI is InChI=1S/C18H26N2O4S/c1-12(2)15-10-20(11-16(15)19-25(3,22)23)18(21)14-6-7-17-13(9-14)5-4-8-24-17/h6-7,9,12,15-16,19H,4-5,8,10-11H2,1-3H3. The molecule has 0 bridgehead atoms. The Balaban J connectivity index is 1.78. The minimum Gasteiger partial charge on any atom is -0.493 e. The summed E-state index contributed by atoms with van der Waals surface area (Å²) >= 11 is 0. The number of carbonyl (C=O) groups excluding carboxylic acids is 1. The average molecular weight is 366 g/mol. The molecule has 1 N–H and O–H groups in total. The number of amides is 1. The summed E-state index contributed by atoms with van der Waals surface area (Å²) in [5.41, 5.74) is 1.72. The van der Waals surface area contributed by atoms with Crippen LogP contribution in [0.4, 0.5) is 0 Å². The van der Waals surface area contributed by atoms with Gasteiger partial charge in [-0.05, 0) is 48.4 Å². The van der Waals surface area contributed by atoms with Gasteiger partial charge in [0.15, 0.2) is 0 Å². The van der Waals surface area contributed by atoms with Crippen molar-refractivity contribution >= 4 is 15.9 Å². The van der Waals surface area contributed by atoms with E-state index in [1.165, 1.54) is 6.26 Å². The number of nitrogens with one attached hydrogen (secondary N) is 1. The van der Waals surface area contributed by atoms with Gasteiger partial charge in [0.2, 0.25) is 10.0 Å². The maximum absolute atomic E-state index is 12.9. The van der Waals surface area contributed by atoms with Gasteiger partial charge in [0.1, 0.15) is 5.75 Å². The fourth-order valence-corrected chi connectivity index (χ4v) is 4.55. The third kappa shape index (κ3) is 4.15. The fourth-order valence-electron chi connectivity index (χ4n) is 3.75. The van der Waals surface area contributed by atoms with E-state index >= 15 is 0 Å². The molecule has 0 aliphatic carbocycles. The first-order chi connectivity index (χ1) is 11.7. The van der Waals surface area contributed by atoms with Crippen molar-refractivity contribution in [2.24, 2.45) is 11.8 Å². The Morgan fingerprint density at radius 1 is 1.32 bits per heavy atom. The SMILES string of the molecule is CC(C)C1CN(C(=O)c2ccc3c(c2)CCCO3)CC1NS(C)(=O)=O. The van der Waals surface area contributed by atoms with Crippen LogP contribution in [0.15, 0.2) is 18.2 Å². The van der Waals surface area contributed by atoms with Crippen molar-refractivity contribution in [2.45, 2.75) is 32.7 Å². The molecule has 2 unspecified atom stereocenters. The smallest absolute Gasteiger partial charge is 0.253 e. The van der Waals surface area contributed by atoms with Gasteiger partial charge in [0.25, 0.3) is 5.91 Å². The Morgan fingerprint density at radius 2 is 2.08 bits per heavy atom. The van der Waals surface area contributed by atoms with Crippen molar-refractivity contribution in [3.8, 4) is 5.75 Å². The number of sulfonamides is 1. The molecule has 25 heavy (non-hydrogen) atoms. The van der Waals surface area contributed by atoms with Crippen LogP contribution in [0.5, 0.6) is 5.75 Å². The van der Waals surface area contributed by atoms with Crippen LogP contribution in [-0.4, -0.2) is 51.2 Å². The summed E-state index contributed by atoms with van der Waals surface area (Å²) < 4.78 is 31.6. The first kappa shape index (κ1) is 18.2. The Morgan fingerprint density at radius 3 is 2.76 bits per heavy atom. The summed E-state index contributed by atoms with van der Waals surface area (Å²) in [5, 5.41) is 0. The van der Waals surface area contributed by atoms with E-state index in [-0.39, 0.29) is 23.8 Å². The Labute approximate surface area is 149 Å². The van der Waals surface area contributed by atoms with E-state index in [0.29, 0.717) is 18.7 Å². The van der Waals surface area contributed by atoms with Gasteiger partial charge in [0, 0.05) is 24.7 Å². The van der Waals surface area contributed by atoms with Crippen molar-refractivity contribution in [2.75, 3.05) is 26.0 Å². The van der Waals surface area contributed by atoms with Gasteiger partial charge in [-0.25, -0.2) is 13.1 Å². The Kier molecular flexibility index (Phi) is 5.06. The minimum absolute atomic E-state index is 0.0446. The maximum Gasteiger partial charge on any atom is 0.253 e. The van der Waals surface area contributed by atoms with Crippen LogP contribution in [0.2, 0.25) is 0 Å². The monoisotopic (exact) mass is 366 g/mol. The highest BCUT2D eigenvalue weighted by Gasteiger charge is 2.38. The van der Waals surface area contributed by atoms with Crippen LogP contribution in [0.3, 0.4) is 0 Å². The zero-order chi connectivity index (χ0) is 18.2. The lowest BCUT2D eigenvalue weighted by atomic mass is 9.92. The van der Waals surface area contributed by atoms with Crippen molar-refractivity contribution in [1.82, 2.24) is 9.62 Å². The average Bonchev–Trinajstić information content (AvgIpc) is 2.95. The minimum atomic E-state index is -3.30. The molecular weight excluding hydrogens is 340 g/mol. The largest absolute Gasteiger partial charge is 0.493 e.